The minimum atomic E-state index is 0.690. The Labute approximate surface area is 108 Å². The Morgan fingerprint density at radius 3 is 2.82 bits per heavy atom. The molecule has 1 aromatic rings. The number of rotatable bonds is 10. The van der Waals surface area contributed by atoms with Gasteiger partial charge in [0.15, 0.2) is 0 Å². The van der Waals surface area contributed by atoms with Gasteiger partial charge in [0.2, 0.25) is 0 Å². The summed E-state index contributed by atoms with van der Waals surface area (Å²) < 4.78 is 10.3. The van der Waals surface area contributed by atoms with Gasteiger partial charge in [-0.25, -0.2) is 0 Å². The van der Waals surface area contributed by atoms with E-state index >= 15 is 0 Å². The van der Waals surface area contributed by atoms with Gasteiger partial charge in [-0.2, -0.15) is 0 Å². The topological polar surface area (TPSA) is 30.5 Å². The van der Waals surface area contributed by atoms with E-state index in [2.05, 4.69) is 23.7 Å². The molecule has 0 spiro atoms. The van der Waals surface area contributed by atoms with Crippen LogP contribution in [0.15, 0.2) is 11.4 Å². The maximum absolute atomic E-state index is 5.39. The molecule has 4 heteroatoms. The molecule has 98 valence electrons. The SMILES string of the molecule is COCCOCCCCNCc1sccc1C. The molecule has 3 nitrogen and oxygen atoms in total. The smallest absolute Gasteiger partial charge is 0.0700 e. The van der Waals surface area contributed by atoms with Crippen molar-refractivity contribution in [3.8, 4) is 0 Å². The van der Waals surface area contributed by atoms with Gasteiger partial charge in [0, 0.05) is 25.1 Å². The lowest BCUT2D eigenvalue weighted by Gasteiger charge is -2.05. The molecular formula is C13H23NO2S. The molecular weight excluding hydrogens is 234 g/mol. The summed E-state index contributed by atoms with van der Waals surface area (Å²) >= 11 is 1.83. The number of aryl methyl sites for hydroxylation is 1. The maximum atomic E-state index is 5.39. The molecule has 1 aromatic heterocycles. The van der Waals surface area contributed by atoms with Crippen molar-refractivity contribution < 1.29 is 9.47 Å². The van der Waals surface area contributed by atoms with Crippen molar-refractivity contribution >= 4 is 11.3 Å². The molecule has 0 unspecified atom stereocenters. The lowest BCUT2D eigenvalue weighted by molar-refractivity contribution is 0.0688. The van der Waals surface area contributed by atoms with Crippen molar-refractivity contribution in [1.29, 1.82) is 0 Å². The van der Waals surface area contributed by atoms with E-state index < -0.39 is 0 Å². The first-order valence-corrected chi connectivity index (χ1v) is 7.03. The van der Waals surface area contributed by atoms with Crippen molar-refractivity contribution in [2.45, 2.75) is 26.3 Å². The molecule has 0 radical (unpaired) electrons. The van der Waals surface area contributed by atoms with Crippen LogP contribution in [0.4, 0.5) is 0 Å². The van der Waals surface area contributed by atoms with Gasteiger partial charge in [-0.15, -0.1) is 11.3 Å². The highest BCUT2D eigenvalue weighted by molar-refractivity contribution is 7.10. The van der Waals surface area contributed by atoms with Gasteiger partial charge in [0.1, 0.15) is 0 Å². The van der Waals surface area contributed by atoms with Gasteiger partial charge in [-0.1, -0.05) is 0 Å². The van der Waals surface area contributed by atoms with Crippen molar-refractivity contribution in [1.82, 2.24) is 5.32 Å². The van der Waals surface area contributed by atoms with Crippen molar-refractivity contribution in [2.75, 3.05) is 33.5 Å². The lowest BCUT2D eigenvalue weighted by atomic mass is 10.3. The molecule has 1 rings (SSSR count). The number of hydrogen-bond donors (Lipinski definition) is 1. The molecule has 1 heterocycles. The van der Waals surface area contributed by atoms with Crippen LogP contribution in [0.5, 0.6) is 0 Å². The fourth-order valence-electron chi connectivity index (χ4n) is 1.49. The van der Waals surface area contributed by atoms with E-state index in [1.807, 2.05) is 11.3 Å². The summed E-state index contributed by atoms with van der Waals surface area (Å²) in [7, 11) is 1.69. The summed E-state index contributed by atoms with van der Waals surface area (Å²) in [5.41, 5.74) is 1.39. The van der Waals surface area contributed by atoms with Gasteiger partial charge < -0.3 is 14.8 Å². The predicted octanol–water partition coefficient (Wildman–Crippen LogP) is 2.59. The molecule has 0 bridgehead atoms. The van der Waals surface area contributed by atoms with Crippen LogP contribution in [0.25, 0.3) is 0 Å². The summed E-state index contributed by atoms with van der Waals surface area (Å²) in [5.74, 6) is 0. The van der Waals surface area contributed by atoms with E-state index in [1.165, 1.54) is 10.4 Å². The van der Waals surface area contributed by atoms with Crippen LogP contribution in [0.1, 0.15) is 23.3 Å². The van der Waals surface area contributed by atoms with Gasteiger partial charge in [0.25, 0.3) is 0 Å². The second-order valence-electron chi connectivity index (χ2n) is 4.02. The van der Waals surface area contributed by atoms with E-state index in [4.69, 9.17) is 9.47 Å². The largest absolute Gasteiger partial charge is 0.382 e. The zero-order valence-corrected chi connectivity index (χ0v) is 11.6. The van der Waals surface area contributed by atoms with Crippen molar-refractivity contribution in [3.63, 3.8) is 0 Å². The Balaban J connectivity index is 1.86. The fraction of sp³-hybridized carbons (Fsp3) is 0.692. The quantitative estimate of drug-likeness (QED) is 0.654. The Kier molecular flexibility index (Phi) is 8.26. The van der Waals surface area contributed by atoms with Crippen LogP contribution in [0, 0.1) is 6.92 Å². The molecule has 1 N–H and O–H groups in total. The first-order chi connectivity index (χ1) is 8.34. The van der Waals surface area contributed by atoms with Gasteiger partial charge in [-0.3, -0.25) is 0 Å². The first kappa shape index (κ1) is 14.6. The average molecular weight is 257 g/mol. The van der Waals surface area contributed by atoms with E-state index in [-0.39, 0.29) is 0 Å². The zero-order chi connectivity index (χ0) is 12.3. The van der Waals surface area contributed by atoms with Crippen LogP contribution >= 0.6 is 11.3 Å². The Morgan fingerprint density at radius 2 is 2.12 bits per heavy atom. The van der Waals surface area contributed by atoms with Crippen molar-refractivity contribution in [3.05, 3.63) is 21.9 Å². The minimum absolute atomic E-state index is 0.690. The van der Waals surface area contributed by atoms with Gasteiger partial charge >= 0.3 is 0 Å². The normalized spacial score (nSPS) is 10.9. The van der Waals surface area contributed by atoms with Crippen LogP contribution in [0.3, 0.4) is 0 Å². The number of unbranched alkanes of at least 4 members (excludes halogenated alkanes) is 1. The average Bonchev–Trinajstić information content (AvgIpc) is 2.73. The second-order valence-corrected chi connectivity index (χ2v) is 5.02. The summed E-state index contributed by atoms with van der Waals surface area (Å²) in [4.78, 5) is 1.45. The first-order valence-electron chi connectivity index (χ1n) is 6.15. The van der Waals surface area contributed by atoms with Gasteiger partial charge in [-0.05, 0) is 43.3 Å². The number of nitrogens with one attached hydrogen (secondary N) is 1. The highest BCUT2D eigenvalue weighted by Crippen LogP contribution is 2.14. The Hall–Kier alpha value is -0.420. The molecule has 0 saturated heterocycles. The fourth-order valence-corrected chi connectivity index (χ4v) is 2.36. The standard InChI is InChI=1S/C13H23NO2S/c1-12-5-10-17-13(12)11-14-6-3-4-7-16-9-8-15-2/h5,10,14H,3-4,6-9,11H2,1-2H3. The number of hydrogen-bond acceptors (Lipinski definition) is 4. The molecule has 17 heavy (non-hydrogen) atoms. The van der Waals surface area contributed by atoms with E-state index in [9.17, 15) is 0 Å². The van der Waals surface area contributed by atoms with Crippen molar-refractivity contribution in [2.24, 2.45) is 0 Å². The predicted molar refractivity (Wildman–Crippen MR) is 72.7 cm³/mol. The summed E-state index contributed by atoms with van der Waals surface area (Å²) in [5, 5.41) is 5.61. The Bertz CT molecular complexity index is 289. The second kappa shape index (κ2) is 9.59. The lowest BCUT2D eigenvalue weighted by Crippen LogP contribution is -2.15. The molecule has 0 saturated carbocycles. The number of ether oxygens (including phenoxy) is 2. The van der Waals surface area contributed by atoms with E-state index in [1.54, 1.807) is 7.11 Å². The molecule has 0 aromatic carbocycles. The number of thiophene rings is 1. The van der Waals surface area contributed by atoms with Crippen LogP contribution in [-0.4, -0.2) is 33.5 Å². The highest BCUT2D eigenvalue weighted by Gasteiger charge is 1.98. The molecule has 0 amide bonds. The summed E-state index contributed by atoms with van der Waals surface area (Å²) in [6.07, 6.45) is 2.28. The molecule has 0 aliphatic heterocycles. The molecule has 0 atom stereocenters. The van der Waals surface area contributed by atoms with E-state index in [0.29, 0.717) is 13.2 Å². The summed E-state index contributed by atoms with van der Waals surface area (Å²) in [6, 6.07) is 2.17. The van der Waals surface area contributed by atoms with Crippen LogP contribution < -0.4 is 5.32 Å². The Morgan fingerprint density at radius 1 is 1.24 bits per heavy atom. The maximum Gasteiger partial charge on any atom is 0.0700 e. The van der Waals surface area contributed by atoms with Gasteiger partial charge in [0.05, 0.1) is 13.2 Å². The molecule has 0 aliphatic rings. The number of methoxy groups -OCH3 is 1. The molecule has 0 aliphatic carbocycles. The summed E-state index contributed by atoms with van der Waals surface area (Å²) in [6.45, 7) is 6.45. The highest BCUT2D eigenvalue weighted by atomic mass is 32.1. The third kappa shape index (κ3) is 6.78. The monoisotopic (exact) mass is 257 g/mol. The third-order valence-corrected chi connectivity index (χ3v) is 3.60. The third-order valence-electron chi connectivity index (χ3n) is 2.58. The van der Waals surface area contributed by atoms with Crippen LogP contribution in [0.2, 0.25) is 0 Å². The van der Waals surface area contributed by atoms with E-state index in [0.717, 1.165) is 32.5 Å². The zero-order valence-electron chi connectivity index (χ0n) is 10.8. The minimum Gasteiger partial charge on any atom is -0.382 e. The van der Waals surface area contributed by atoms with Crippen LogP contribution in [-0.2, 0) is 16.0 Å². The molecule has 0 fully saturated rings.